The van der Waals surface area contributed by atoms with E-state index in [1.165, 1.54) is 17.0 Å². The van der Waals surface area contributed by atoms with E-state index in [9.17, 15) is 18.0 Å². The van der Waals surface area contributed by atoms with Crippen molar-refractivity contribution in [2.75, 3.05) is 17.4 Å². The van der Waals surface area contributed by atoms with Crippen LogP contribution in [0.4, 0.5) is 5.69 Å². The molecule has 0 radical (unpaired) electrons. The second kappa shape index (κ2) is 14.4. The van der Waals surface area contributed by atoms with Gasteiger partial charge in [-0.2, -0.15) is 0 Å². The maximum Gasteiger partial charge on any atom is 0.264 e. The van der Waals surface area contributed by atoms with E-state index < -0.39 is 28.5 Å². The summed E-state index contributed by atoms with van der Waals surface area (Å²) in [6.45, 7) is 7.25. The van der Waals surface area contributed by atoms with E-state index in [-0.39, 0.29) is 29.0 Å². The fraction of sp³-hybridized carbons (Fsp3) is 0.333. The molecule has 0 spiro atoms. The molecule has 0 saturated carbocycles. The van der Waals surface area contributed by atoms with Gasteiger partial charge in [0.25, 0.3) is 10.0 Å². The summed E-state index contributed by atoms with van der Waals surface area (Å²) in [6.07, 6.45) is 0.294. The first-order chi connectivity index (χ1) is 19.4. The molecule has 0 unspecified atom stereocenters. The van der Waals surface area contributed by atoms with Crippen LogP contribution in [0.2, 0.25) is 15.1 Å². The number of carbonyl (C=O) groups is 2. The Morgan fingerprint density at radius 1 is 0.927 bits per heavy atom. The molecule has 1 atom stereocenters. The molecule has 0 aromatic heterocycles. The van der Waals surface area contributed by atoms with Crippen LogP contribution in [0.3, 0.4) is 0 Å². The van der Waals surface area contributed by atoms with Gasteiger partial charge in [-0.15, -0.1) is 0 Å². The lowest BCUT2D eigenvalue weighted by Gasteiger charge is -2.34. The van der Waals surface area contributed by atoms with Crippen LogP contribution in [-0.2, 0) is 26.2 Å². The van der Waals surface area contributed by atoms with Crippen LogP contribution in [0.1, 0.15) is 38.3 Å². The summed E-state index contributed by atoms with van der Waals surface area (Å²) in [5.41, 5.74) is 1.32. The lowest BCUT2D eigenvalue weighted by molar-refractivity contribution is -0.140. The molecule has 0 bridgehead atoms. The van der Waals surface area contributed by atoms with Gasteiger partial charge in [0.2, 0.25) is 11.8 Å². The average Bonchev–Trinajstić information content (AvgIpc) is 2.93. The van der Waals surface area contributed by atoms with Gasteiger partial charge in [0.05, 0.1) is 10.6 Å². The SMILES string of the molecule is CC[C@@H](C(=O)NCC(C)C)N(Cc1ccc(Cl)cc1Cl)C(=O)CN(c1cccc(Cl)c1C)S(=O)(=O)c1ccccc1. The Balaban J connectivity index is 2.10. The normalized spacial score (nSPS) is 12.2. The van der Waals surface area contributed by atoms with Crippen molar-refractivity contribution in [3.63, 3.8) is 0 Å². The minimum Gasteiger partial charge on any atom is -0.354 e. The van der Waals surface area contributed by atoms with Crippen molar-refractivity contribution in [2.45, 2.75) is 51.6 Å². The zero-order valence-electron chi connectivity index (χ0n) is 23.4. The number of nitrogens with zero attached hydrogens (tertiary/aromatic N) is 2. The number of sulfonamides is 1. The summed E-state index contributed by atoms with van der Waals surface area (Å²) in [4.78, 5) is 28.9. The standard InChI is InChI=1S/C30H34Cl3N3O4S/c1-5-27(30(38)34-17-20(2)3)35(18-22-14-15-23(31)16-26(22)33)29(37)19-36(28-13-9-12-25(32)21(28)4)41(39,40)24-10-7-6-8-11-24/h6-16,20,27H,5,17-19H2,1-4H3,(H,34,38)/t27-/m0/s1. The summed E-state index contributed by atoms with van der Waals surface area (Å²) < 4.78 is 28.9. The first kappa shape index (κ1) is 32.7. The number of amides is 2. The largest absolute Gasteiger partial charge is 0.354 e. The van der Waals surface area contributed by atoms with E-state index in [4.69, 9.17) is 34.8 Å². The molecule has 220 valence electrons. The third-order valence-electron chi connectivity index (χ3n) is 6.54. The fourth-order valence-corrected chi connectivity index (χ4v) is 6.41. The molecule has 0 aliphatic heterocycles. The molecule has 1 N–H and O–H groups in total. The Morgan fingerprint density at radius 2 is 1.61 bits per heavy atom. The molecular formula is C30H34Cl3N3O4S. The number of rotatable bonds is 12. The van der Waals surface area contributed by atoms with Gasteiger partial charge in [0.15, 0.2) is 0 Å². The van der Waals surface area contributed by atoms with E-state index in [0.717, 1.165) is 4.31 Å². The second-order valence-electron chi connectivity index (χ2n) is 10.0. The Morgan fingerprint density at radius 3 is 2.22 bits per heavy atom. The third kappa shape index (κ3) is 8.16. The molecule has 11 heteroatoms. The number of benzene rings is 3. The minimum atomic E-state index is -4.20. The molecule has 0 aliphatic rings. The smallest absolute Gasteiger partial charge is 0.264 e. The van der Waals surface area contributed by atoms with Crippen molar-refractivity contribution in [1.29, 1.82) is 0 Å². The highest BCUT2D eigenvalue weighted by atomic mass is 35.5. The number of nitrogens with one attached hydrogen (secondary N) is 1. The molecule has 0 saturated heterocycles. The van der Waals surface area contributed by atoms with Crippen molar-refractivity contribution in [3.05, 3.63) is 92.9 Å². The van der Waals surface area contributed by atoms with Crippen LogP contribution in [0.25, 0.3) is 0 Å². The third-order valence-corrected chi connectivity index (χ3v) is 9.31. The summed E-state index contributed by atoms with van der Waals surface area (Å²) in [5, 5.41) is 4.01. The lowest BCUT2D eigenvalue weighted by Crippen LogP contribution is -2.52. The Labute approximate surface area is 257 Å². The van der Waals surface area contributed by atoms with E-state index in [0.29, 0.717) is 39.2 Å². The van der Waals surface area contributed by atoms with Gasteiger partial charge in [-0.05, 0) is 66.8 Å². The van der Waals surface area contributed by atoms with Crippen molar-refractivity contribution in [2.24, 2.45) is 5.92 Å². The molecule has 3 aromatic rings. The number of halogens is 3. The van der Waals surface area contributed by atoms with Crippen LogP contribution in [-0.4, -0.2) is 44.3 Å². The molecule has 2 amide bonds. The van der Waals surface area contributed by atoms with Gasteiger partial charge >= 0.3 is 0 Å². The van der Waals surface area contributed by atoms with Crippen molar-refractivity contribution >= 4 is 62.3 Å². The topological polar surface area (TPSA) is 86.8 Å². The molecule has 0 aliphatic carbocycles. The van der Waals surface area contributed by atoms with Gasteiger partial charge in [-0.1, -0.05) is 85.9 Å². The van der Waals surface area contributed by atoms with Crippen LogP contribution in [0.15, 0.2) is 71.6 Å². The summed E-state index contributed by atoms with van der Waals surface area (Å²) in [6, 6.07) is 16.7. The minimum absolute atomic E-state index is 0.0150. The Kier molecular flexibility index (Phi) is 11.5. The van der Waals surface area contributed by atoms with Gasteiger partial charge in [0, 0.05) is 28.2 Å². The van der Waals surface area contributed by atoms with Gasteiger partial charge < -0.3 is 10.2 Å². The van der Waals surface area contributed by atoms with Crippen molar-refractivity contribution in [1.82, 2.24) is 10.2 Å². The highest BCUT2D eigenvalue weighted by Gasteiger charge is 2.34. The predicted molar refractivity (Wildman–Crippen MR) is 166 cm³/mol. The van der Waals surface area contributed by atoms with Crippen molar-refractivity contribution in [3.8, 4) is 0 Å². The molecule has 3 aromatic carbocycles. The number of anilines is 1. The summed E-state index contributed by atoms with van der Waals surface area (Å²) >= 11 is 18.9. The monoisotopic (exact) mass is 637 g/mol. The summed E-state index contributed by atoms with van der Waals surface area (Å²) in [7, 11) is -4.20. The van der Waals surface area contributed by atoms with E-state index in [1.54, 1.807) is 68.4 Å². The van der Waals surface area contributed by atoms with Gasteiger partial charge in [-0.3, -0.25) is 13.9 Å². The zero-order chi connectivity index (χ0) is 30.3. The van der Waals surface area contributed by atoms with Crippen LogP contribution >= 0.6 is 34.8 Å². The van der Waals surface area contributed by atoms with Gasteiger partial charge in [-0.25, -0.2) is 8.42 Å². The quantitative estimate of drug-likeness (QED) is 0.238. The fourth-order valence-electron chi connectivity index (χ4n) is 4.27. The Bertz CT molecular complexity index is 1480. The van der Waals surface area contributed by atoms with Crippen molar-refractivity contribution < 1.29 is 18.0 Å². The average molecular weight is 639 g/mol. The Hall–Kier alpha value is -2.78. The van der Waals surface area contributed by atoms with E-state index in [2.05, 4.69) is 5.32 Å². The van der Waals surface area contributed by atoms with E-state index >= 15 is 0 Å². The second-order valence-corrected chi connectivity index (χ2v) is 13.1. The van der Waals surface area contributed by atoms with Crippen LogP contribution < -0.4 is 9.62 Å². The molecule has 7 nitrogen and oxygen atoms in total. The maximum atomic E-state index is 14.2. The first-order valence-electron chi connectivity index (χ1n) is 13.2. The summed E-state index contributed by atoms with van der Waals surface area (Å²) in [5.74, 6) is -0.721. The van der Waals surface area contributed by atoms with Crippen LogP contribution in [0.5, 0.6) is 0 Å². The highest BCUT2D eigenvalue weighted by molar-refractivity contribution is 7.92. The highest BCUT2D eigenvalue weighted by Crippen LogP contribution is 2.31. The molecule has 0 fully saturated rings. The number of hydrogen-bond acceptors (Lipinski definition) is 4. The maximum absolute atomic E-state index is 14.2. The molecule has 0 heterocycles. The lowest BCUT2D eigenvalue weighted by atomic mass is 10.1. The number of carbonyl (C=O) groups excluding carboxylic acids is 2. The van der Waals surface area contributed by atoms with Crippen LogP contribution in [0, 0.1) is 12.8 Å². The number of hydrogen-bond donors (Lipinski definition) is 1. The first-order valence-corrected chi connectivity index (χ1v) is 15.8. The van der Waals surface area contributed by atoms with E-state index in [1.807, 2.05) is 13.8 Å². The zero-order valence-corrected chi connectivity index (χ0v) is 26.5. The molecule has 41 heavy (non-hydrogen) atoms. The van der Waals surface area contributed by atoms with Gasteiger partial charge in [0.1, 0.15) is 12.6 Å². The molecular weight excluding hydrogens is 605 g/mol. The predicted octanol–water partition coefficient (Wildman–Crippen LogP) is 6.73. The molecule has 3 rings (SSSR count).